The van der Waals surface area contributed by atoms with E-state index in [2.05, 4.69) is 10.2 Å². The molecular weight excluding hydrogens is 481 g/mol. The van der Waals surface area contributed by atoms with E-state index in [1.165, 1.54) is 6.92 Å². The van der Waals surface area contributed by atoms with E-state index >= 15 is 0 Å². The molecular formula is C28H33F3N4O2. The van der Waals surface area contributed by atoms with Gasteiger partial charge >= 0.3 is 6.18 Å². The van der Waals surface area contributed by atoms with Crippen LogP contribution in [0.4, 0.5) is 19.0 Å². The molecule has 0 spiro atoms. The van der Waals surface area contributed by atoms with E-state index in [0.717, 1.165) is 28.7 Å². The fourth-order valence-corrected chi connectivity index (χ4v) is 4.69. The molecule has 9 heteroatoms. The molecule has 4 rings (SSSR count). The van der Waals surface area contributed by atoms with Crippen molar-refractivity contribution < 1.29 is 23.1 Å². The Morgan fingerprint density at radius 3 is 2.70 bits per heavy atom. The molecule has 0 saturated carbocycles. The van der Waals surface area contributed by atoms with Gasteiger partial charge in [0.2, 0.25) is 5.91 Å². The lowest BCUT2D eigenvalue weighted by molar-refractivity contribution is -0.171. The number of amides is 1. The molecule has 198 valence electrons. The SMILES string of the molecule is Cc1ccc2c(N3CC[C@@H](NC(=O)CCCCCC(C)C(F)(F)F)C3)nc(-c3ccccc3O)nc2c1. The average molecular weight is 515 g/mol. The van der Waals surface area contributed by atoms with Crippen molar-refractivity contribution in [3.63, 3.8) is 0 Å². The predicted octanol–water partition coefficient (Wildman–Crippen LogP) is 6.15. The molecule has 1 amide bonds. The summed E-state index contributed by atoms with van der Waals surface area (Å²) in [4.78, 5) is 24.1. The van der Waals surface area contributed by atoms with Crippen molar-refractivity contribution in [1.29, 1.82) is 0 Å². The number of phenolic OH excluding ortho intramolecular Hbond substituents is 1. The van der Waals surface area contributed by atoms with Gasteiger partial charge in [-0.15, -0.1) is 0 Å². The van der Waals surface area contributed by atoms with E-state index in [9.17, 15) is 23.1 Å². The van der Waals surface area contributed by atoms with Crippen molar-refractivity contribution in [3.8, 4) is 17.1 Å². The number of phenols is 1. The number of carbonyl (C=O) groups is 1. The van der Waals surface area contributed by atoms with Gasteiger partial charge < -0.3 is 15.3 Å². The second kappa shape index (κ2) is 11.4. The van der Waals surface area contributed by atoms with Crippen LogP contribution in [0, 0.1) is 12.8 Å². The number of unbranched alkanes of at least 4 members (excludes halogenated alkanes) is 2. The summed E-state index contributed by atoms with van der Waals surface area (Å²) in [6, 6.07) is 12.9. The molecule has 1 aliphatic heterocycles. The summed E-state index contributed by atoms with van der Waals surface area (Å²) in [7, 11) is 0. The van der Waals surface area contributed by atoms with Crippen LogP contribution in [0.3, 0.4) is 0 Å². The molecule has 1 fully saturated rings. The van der Waals surface area contributed by atoms with E-state index < -0.39 is 12.1 Å². The highest BCUT2D eigenvalue weighted by molar-refractivity contribution is 5.92. The second-order valence-electron chi connectivity index (χ2n) is 9.95. The third-order valence-electron chi connectivity index (χ3n) is 6.93. The molecule has 2 aromatic carbocycles. The minimum atomic E-state index is -4.15. The van der Waals surface area contributed by atoms with E-state index in [1.807, 2.05) is 31.2 Å². The lowest BCUT2D eigenvalue weighted by atomic mass is 10.0. The maximum atomic E-state index is 12.6. The topological polar surface area (TPSA) is 78.4 Å². The minimum absolute atomic E-state index is 0.0400. The number of benzene rings is 2. The molecule has 1 aromatic heterocycles. The Kier molecular flexibility index (Phi) is 8.19. The van der Waals surface area contributed by atoms with Crippen molar-refractivity contribution >= 4 is 22.6 Å². The van der Waals surface area contributed by atoms with E-state index in [-0.39, 0.29) is 24.1 Å². The number of fused-ring (bicyclic) bond motifs is 1. The number of hydrogen-bond acceptors (Lipinski definition) is 5. The maximum Gasteiger partial charge on any atom is 0.391 e. The quantitative estimate of drug-likeness (QED) is 0.335. The first-order valence-electron chi connectivity index (χ1n) is 12.8. The van der Waals surface area contributed by atoms with Gasteiger partial charge in [-0.05, 0) is 56.0 Å². The number of para-hydroxylation sites is 1. The highest BCUT2D eigenvalue weighted by Crippen LogP contribution is 2.33. The zero-order valence-corrected chi connectivity index (χ0v) is 21.2. The second-order valence-corrected chi connectivity index (χ2v) is 9.95. The smallest absolute Gasteiger partial charge is 0.391 e. The number of hydrogen-bond donors (Lipinski definition) is 2. The Bertz CT molecular complexity index is 1250. The molecule has 1 saturated heterocycles. The lowest BCUT2D eigenvalue weighted by Crippen LogP contribution is -2.37. The van der Waals surface area contributed by atoms with Gasteiger partial charge in [-0.25, -0.2) is 9.97 Å². The number of aromatic nitrogens is 2. The lowest BCUT2D eigenvalue weighted by Gasteiger charge is -2.21. The normalized spacial score (nSPS) is 16.8. The summed E-state index contributed by atoms with van der Waals surface area (Å²) < 4.78 is 37.8. The first-order valence-corrected chi connectivity index (χ1v) is 12.8. The largest absolute Gasteiger partial charge is 0.507 e. The van der Waals surface area contributed by atoms with Gasteiger partial charge in [-0.2, -0.15) is 13.2 Å². The standard InChI is InChI=1S/C28H33F3N4O2/c1-18-12-13-21-23(16-18)33-26(22-9-6-7-10-24(22)36)34-27(21)35-15-14-20(17-35)32-25(37)11-5-3-4-8-19(2)28(29,30)31/h6-7,9-10,12-13,16,19-20,36H,3-5,8,11,14-15,17H2,1-2H3,(H,32,37)/t19?,20-/m1/s1. The number of carbonyl (C=O) groups excluding carboxylic acids is 1. The Morgan fingerprint density at radius 2 is 1.95 bits per heavy atom. The fraction of sp³-hybridized carbons (Fsp3) is 0.464. The van der Waals surface area contributed by atoms with Gasteiger partial charge in [0.05, 0.1) is 17.0 Å². The van der Waals surface area contributed by atoms with Crippen molar-refractivity contribution in [3.05, 3.63) is 48.0 Å². The van der Waals surface area contributed by atoms with E-state index in [4.69, 9.17) is 9.97 Å². The van der Waals surface area contributed by atoms with Gasteiger partial charge in [0.15, 0.2) is 5.82 Å². The third kappa shape index (κ3) is 6.70. The molecule has 37 heavy (non-hydrogen) atoms. The van der Waals surface area contributed by atoms with Crippen molar-refractivity contribution in [1.82, 2.24) is 15.3 Å². The number of nitrogens with zero attached hydrogens (tertiary/aromatic N) is 3. The number of alkyl halides is 3. The number of rotatable bonds is 9. The van der Waals surface area contributed by atoms with Gasteiger partial charge in [-0.3, -0.25) is 4.79 Å². The highest BCUT2D eigenvalue weighted by atomic mass is 19.4. The first-order chi connectivity index (χ1) is 17.6. The zero-order chi connectivity index (χ0) is 26.6. The van der Waals surface area contributed by atoms with Gasteiger partial charge in [-0.1, -0.05) is 38.0 Å². The van der Waals surface area contributed by atoms with Crippen LogP contribution < -0.4 is 10.2 Å². The van der Waals surface area contributed by atoms with Crippen LogP contribution in [0.15, 0.2) is 42.5 Å². The Hall–Kier alpha value is -3.36. The molecule has 1 unspecified atom stereocenters. The van der Waals surface area contributed by atoms with Crippen molar-refractivity contribution in [2.45, 2.75) is 64.6 Å². The first kappa shape index (κ1) is 26.7. The minimum Gasteiger partial charge on any atom is -0.507 e. The summed E-state index contributed by atoms with van der Waals surface area (Å²) >= 11 is 0. The Labute approximate surface area is 214 Å². The maximum absolute atomic E-state index is 12.6. The number of halogens is 3. The fourth-order valence-electron chi connectivity index (χ4n) is 4.69. The van der Waals surface area contributed by atoms with E-state index in [1.54, 1.807) is 18.2 Å². The molecule has 0 bridgehead atoms. The number of nitrogens with one attached hydrogen (secondary N) is 1. The van der Waals surface area contributed by atoms with Gasteiger partial charge in [0.25, 0.3) is 0 Å². The molecule has 0 aliphatic carbocycles. The molecule has 0 radical (unpaired) electrons. The van der Waals surface area contributed by atoms with Crippen LogP contribution in [-0.4, -0.2) is 46.3 Å². The van der Waals surface area contributed by atoms with Crippen LogP contribution in [0.2, 0.25) is 0 Å². The molecule has 2 N–H and O–H groups in total. The zero-order valence-electron chi connectivity index (χ0n) is 21.2. The summed E-state index contributed by atoms with van der Waals surface area (Å²) in [5.74, 6) is -0.0649. The van der Waals surface area contributed by atoms with Crippen LogP contribution in [-0.2, 0) is 4.79 Å². The monoisotopic (exact) mass is 514 g/mol. The van der Waals surface area contributed by atoms with Crippen LogP contribution >= 0.6 is 0 Å². The Morgan fingerprint density at radius 1 is 1.16 bits per heavy atom. The van der Waals surface area contributed by atoms with Crippen LogP contribution in [0.5, 0.6) is 5.75 Å². The summed E-state index contributed by atoms with van der Waals surface area (Å²) in [6.45, 7) is 4.50. The number of aromatic hydroxyl groups is 1. The van der Waals surface area contributed by atoms with Crippen molar-refractivity contribution in [2.75, 3.05) is 18.0 Å². The average Bonchev–Trinajstić information content (AvgIpc) is 3.30. The molecule has 1 aliphatic rings. The number of anilines is 1. The van der Waals surface area contributed by atoms with Crippen LogP contribution in [0.25, 0.3) is 22.3 Å². The molecule has 6 nitrogen and oxygen atoms in total. The number of aryl methyl sites for hydroxylation is 1. The predicted molar refractivity (Wildman–Crippen MR) is 138 cm³/mol. The van der Waals surface area contributed by atoms with E-state index in [0.29, 0.717) is 50.2 Å². The Balaban J connectivity index is 1.38. The third-order valence-corrected chi connectivity index (χ3v) is 6.93. The molecule has 2 atom stereocenters. The summed E-state index contributed by atoms with van der Waals surface area (Å²) in [5.41, 5.74) is 2.41. The van der Waals surface area contributed by atoms with Gasteiger partial charge in [0.1, 0.15) is 11.6 Å². The van der Waals surface area contributed by atoms with Gasteiger partial charge in [0, 0.05) is 30.9 Å². The van der Waals surface area contributed by atoms with Crippen molar-refractivity contribution in [2.24, 2.45) is 5.92 Å². The summed E-state index contributed by atoms with van der Waals surface area (Å²) in [6.07, 6.45) is -1.34. The van der Waals surface area contributed by atoms with Crippen LogP contribution in [0.1, 0.15) is 51.0 Å². The molecule has 3 aromatic rings. The summed E-state index contributed by atoms with van der Waals surface area (Å²) in [5, 5.41) is 14.3. The highest BCUT2D eigenvalue weighted by Gasteiger charge is 2.35. The molecule has 2 heterocycles.